The molecule has 0 aliphatic carbocycles. The summed E-state index contributed by atoms with van der Waals surface area (Å²) in [6.07, 6.45) is 1.98. The van der Waals surface area contributed by atoms with Gasteiger partial charge in [0.05, 0.1) is 21.3 Å². The van der Waals surface area contributed by atoms with Crippen molar-refractivity contribution in [1.82, 2.24) is 0 Å². The second-order valence-corrected chi connectivity index (χ2v) is 4.47. The largest absolute Gasteiger partial charge is 0.496 e. The summed E-state index contributed by atoms with van der Waals surface area (Å²) in [6, 6.07) is 3.33. The van der Waals surface area contributed by atoms with Gasteiger partial charge in [-0.2, -0.15) is 0 Å². The third-order valence-electron chi connectivity index (χ3n) is 3.00. The first-order valence-corrected chi connectivity index (χ1v) is 6.62. The smallest absolute Gasteiger partial charge is 0.331 e. The van der Waals surface area contributed by atoms with Gasteiger partial charge in [0.25, 0.3) is 0 Å². The molecule has 0 saturated carbocycles. The molecule has 1 aromatic rings. The minimum Gasteiger partial charge on any atom is -0.496 e. The third-order valence-corrected chi connectivity index (χ3v) is 3.00. The zero-order valence-electron chi connectivity index (χ0n) is 13.3. The number of hydrogen-bond acceptors (Lipinski definition) is 6. The quantitative estimate of drug-likeness (QED) is 0.568. The van der Waals surface area contributed by atoms with Crippen LogP contribution in [0.2, 0.25) is 0 Å². The number of hydrogen-bond donors (Lipinski definition) is 0. The summed E-state index contributed by atoms with van der Waals surface area (Å²) in [7, 11) is 4.54. The first kappa shape index (κ1) is 17.6. The van der Waals surface area contributed by atoms with E-state index in [2.05, 4.69) is 0 Å². The molecular weight excluding hydrogens is 288 g/mol. The van der Waals surface area contributed by atoms with Gasteiger partial charge in [-0.3, -0.25) is 4.79 Å². The Morgan fingerprint density at radius 3 is 2.05 bits per heavy atom. The van der Waals surface area contributed by atoms with Gasteiger partial charge in [-0.25, -0.2) is 4.79 Å². The molecule has 6 heteroatoms. The van der Waals surface area contributed by atoms with Crippen LogP contribution in [-0.2, 0) is 14.3 Å². The molecule has 0 saturated heterocycles. The zero-order chi connectivity index (χ0) is 16.7. The number of Topliss-reactive ketones (excluding diaryl/α,β-unsaturated/α-hetero) is 1. The number of ketones is 1. The maximum absolute atomic E-state index is 11.7. The molecule has 0 heterocycles. The number of esters is 1. The molecule has 0 aliphatic heterocycles. The van der Waals surface area contributed by atoms with Crippen molar-refractivity contribution in [3.63, 3.8) is 0 Å². The molecule has 120 valence electrons. The van der Waals surface area contributed by atoms with Gasteiger partial charge in [0.1, 0.15) is 5.75 Å². The minimum atomic E-state index is -0.774. The van der Waals surface area contributed by atoms with E-state index in [4.69, 9.17) is 18.9 Å². The Kier molecular flexibility index (Phi) is 6.44. The summed E-state index contributed by atoms with van der Waals surface area (Å²) < 4.78 is 20.6. The van der Waals surface area contributed by atoms with Crippen LogP contribution in [0, 0.1) is 0 Å². The van der Waals surface area contributed by atoms with Crippen molar-refractivity contribution in [1.29, 1.82) is 0 Å². The van der Waals surface area contributed by atoms with E-state index in [1.807, 2.05) is 0 Å². The van der Waals surface area contributed by atoms with E-state index in [-0.39, 0.29) is 5.78 Å². The Labute approximate surface area is 129 Å². The molecule has 0 spiro atoms. The number of benzene rings is 1. The van der Waals surface area contributed by atoms with Crippen molar-refractivity contribution in [3.8, 4) is 17.2 Å². The van der Waals surface area contributed by atoms with E-state index >= 15 is 0 Å². The average Bonchev–Trinajstić information content (AvgIpc) is 2.51. The second-order valence-electron chi connectivity index (χ2n) is 4.47. The van der Waals surface area contributed by atoms with Gasteiger partial charge in [0.15, 0.2) is 23.4 Å². The van der Waals surface area contributed by atoms with Gasteiger partial charge < -0.3 is 18.9 Å². The van der Waals surface area contributed by atoms with Crippen molar-refractivity contribution in [2.24, 2.45) is 0 Å². The van der Waals surface area contributed by atoms with Crippen molar-refractivity contribution in [2.75, 3.05) is 21.3 Å². The van der Waals surface area contributed by atoms with Crippen LogP contribution in [0.1, 0.15) is 19.4 Å². The van der Waals surface area contributed by atoms with Crippen LogP contribution >= 0.6 is 0 Å². The highest BCUT2D eigenvalue weighted by atomic mass is 16.5. The Bertz CT molecular complexity index is 576. The van der Waals surface area contributed by atoms with Crippen molar-refractivity contribution < 1.29 is 28.5 Å². The summed E-state index contributed by atoms with van der Waals surface area (Å²) in [5.41, 5.74) is 0.618. The molecule has 6 nitrogen and oxygen atoms in total. The SMILES string of the molecule is COc1cc(OC)c(OC)cc1/C=C/C(=O)OC(C)C(C)=O. The van der Waals surface area contributed by atoms with Crippen LogP contribution in [0.3, 0.4) is 0 Å². The van der Waals surface area contributed by atoms with Crippen LogP contribution in [0.15, 0.2) is 18.2 Å². The summed E-state index contributed by atoms with van der Waals surface area (Å²) in [6.45, 7) is 2.88. The number of ether oxygens (including phenoxy) is 4. The second kappa shape index (κ2) is 8.07. The molecule has 1 atom stereocenters. The lowest BCUT2D eigenvalue weighted by molar-refractivity contribution is -0.148. The van der Waals surface area contributed by atoms with Gasteiger partial charge in [-0.1, -0.05) is 0 Å². The average molecular weight is 308 g/mol. The first-order chi connectivity index (χ1) is 10.4. The predicted octanol–water partition coefficient (Wildman–Crippen LogP) is 2.25. The molecule has 0 aromatic heterocycles. The Morgan fingerprint density at radius 1 is 1.00 bits per heavy atom. The lowest BCUT2D eigenvalue weighted by Crippen LogP contribution is -2.20. The standard InChI is InChI=1S/C16H20O6/c1-10(17)11(2)22-16(18)7-6-12-8-14(20-4)15(21-5)9-13(12)19-3/h6-9,11H,1-5H3/b7-6+. The summed E-state index contributed by atoms with van der Waals surface area (Å²) in [5, 5.41) is 0. The van der Waals surface area contributed by atoms with Crippen LogP contribution in [0.4, 0.5) is 0 Å². The fraction of sp³-hybridized carbons (Fsp3) is 0.375. The van der Waals surface area contributed by atoms with Crippen molar-refractivity contribution in [3.05, 3.63) is 23.8 Å². The fourth-order valence-corrected chi connectivity index (χ4v) is 1.64. The van der Waals surface area contributed by atoms with Gasteiger partial charge >= 0.3 is 5.97 Å². The molecule has 0 fully saturated rings. The molecule has 1 aromatic carbocycles. The molecule has 0 aliphatic rings. The van der Waals surface area contributed by atoms with E-state index in [1.165, 1.54) is 47.3 Å². The number of rotatable bonds is 7. The number of carbonyl (C=O) groups is 2. The fourth-order valence-electron chi connectivity index (χ4n) is 1.64. The topological polar surface area (TPSA) is 71.1 Å². The highest BCUT2D eigenvalue weighted by Gasteiger charge is 2.13. The normalized spacial score (nSPS) is 11.9. The van der Waals surface area contributed by atoms with Crippen LogP contribution < -0.4 is 14.2 Å². The van der Waals surface area contributed by atoms with E-state index < -0.39 is 12.1 Å². The Hall–Kier alpha value is -2.50. The van der Waals surface area contributed by atoms with Gasteiger partial charge in [0.2, 0.25) is 0 Å². The molecule has 0 radical (unpaired) electrons. The van der Waals surface area contributed by atoms with Gasteiger partial charge in [-0.15, -0.1) is 0 Å². The van der Waals surface area contributed by atoms with Crippen LogP contribution in [0.25, 0.3) is 6.08 Å². The predicted molar refractivity (Wildman–Crippen MR) is 81.4 cm³/mol. The van der Waals surface area contributed by atoms with E-state index in [9.17, 15) is 9.59 Å². The Morgan fingerprint density at radius 2 is 1.55 bits per heavy atom. The molecule has 1 rings (SSSR count). The Balaban J connectivity index is 2.98. The van der Waals surface area contributed by atoms with E-state index in [0.29, 0.717) is 22.8 Å². The monoisotopic (exact) mass is 308 g/mol. The van der Waals surface area contributed by atoms with Gasteiger partial charge in [0, 0.05) is 17.7 Å². The lowest BCUT2D eigenvalue weighted by atomic mass is 10.1. The van der Waals surface area contributed by atoms with Crippen molar-refractivity contribution in [2.45, 2.75) is 20.0 Å². The molecule has 22 heavy (non-hydrogen) atoms. The lowest BCUT2D eigenvalue weighted by Gasteiger charge is -2.12. The zero-order valence-corrected chi connectivity index (χ0v) is 13.3. The third kappa shape index (κ3) is 4.51. The minimum absolute atomic E-state index is 0.217. The molecule has 0 amide bonds. The summed E-state index contributed by atoms with van der Waals surface area (Å²) in [4.78, 5) is 22.7. The maximum atomic E-state index is 11.7. The van der Waals surface area contributed by atoms with Crippen LogP contribution in [-0.4, -0.2) is 39.2 Å². The molecular formula is C16H20O6. The molecule has 1 unspecified atom stereocenters. The number of carbonyl (C=O) groups excluding carboxylic acids is 2. The first-order valence-electron chi connectivity index (χ1n) is 6.62. The molecule has 0 bridgehead atoms. The van der Waals surface area contributed by atoms with Gasteiger partial charge in [-0.05, 0) is 26.0 Å². The van der Waals surface area contributed by atoms with E-state index in [1.54, 1.807) is 12.1 Å². The summed E-state index contributed by atoms with van der Waals surface area (Å²) in [5.74, 6) is 0.712. The highest BCUT2D eigenvalue weighted by molar-refractivity contribution is 5.90. The van der Waals surface area contributed by atoms with Crippen molar-refractivity contribution >= 4 is 17.8 Å². The van der Waals surface area contributed by atoms with E-state index in [0.717, 1.165) is 0 Å². The van der Waals surface area contributed by atoms with Crippen LogP contribution in [0.5, 0.6) is 17.2 Å². The number of methoxy groups -OCH3 is 3. The maximum Gasteiger partial charge on any atom is 0.331 e. The highest BCUT2D eigenvalue weighted by Crippen LogP contribution is 2.35. The summed E-state index contributed by atoms with van der Waals surface area (Å²) >= 11 is 0. The molecule has 0 N–H and O–H groups in total.